The van der Waals surface area contributed by atoms with E-state index in [4.69, 9.17) is 19.9 Å². The van der Waals surface area contributed by atoms with Crippen LogP contribution in [0.25, 0.3) is 127 Å². The Bertz CT molecular complexity index is 3880. The van der Waals surface area contributed by atoms with Crippen LogP contribution in [0.2, 0.25) is 0 Å². The fraction of sp³-hybridized carbons (Fsp3) is 0. The number of rotatable bonds is 8. The van der Waals surface area contributed by atoms with Gasteiger partial charge in [-0.15, -0.1) is 11.3 Å². The second kappa shape index (κ2) is 16.5. The van der Waals surface area contributed by atoms with Gasteiger partial charge in [-0.05, 0) is 52.6 Å². The molecule has 0 amide bonds. The predicted octanol–water partition coefficient (Wildman–Crippen LogP) is 16.4. The van der Waals surface area contributed by atoms with E-state index < -0.39 is 0 Å². The van der Waals surface area contributed by atoms with Crippen LogP contribution in [-0.2, 0) is 0 Å². The molecule has 9 aromatic carbocycles. The van der Waals surface area contributed by atoms with Gasteiger partial charge in [0.15, 0.2) is 17.5 Å². The summed E-state index contributed by atoms with van der Waals surface area (Å²) in [5, 5.41) is 4.80. The van der Waals surface area contributed by atoms with Gasteiger partial charge in [0.1, 0.15) is 0 Å². The quantitative estimate of drug-likeness (QED) is 0.153. The third-order valence-corrected chi connectivity index (χ3v) is 14.1. The van der Waals surface area contributed by atoms with Crippen molar-refractivity contribution >= 4 is 54.1 Å². The SMILES string of the molecule is c1ccc(-c2nc(-c3ccccc3)nc(-c3ccc(-c4ccc(-c5sc6c(c(-c7ccccc7)nc7ccccc76)c5-c5cccc(-n6c7ccccc7c7ccccc76)c5)cc4)cc3)n2)cc1. The van der Waals surface area contributed by atoms with Crippen LogP contribution in [0, 0.1) is 0 Å². The zero-order valence-electron chi connectivity index (χ0n) is 36.7. The van der Waals surface area contributed by atoms with E-state index in [1.807, 2.05) is 72.0 Å². The highest BCUT2D eigenvalue weighted by Crippen LogP contribution is 2.50. The van der Waals surface area contributed by atoms with E-state index in [-0.39, 0.29) is 0 Å². The zero-order valence-corrected chi connectivity index (χ0v) is 37.5. The summed E-state index contributed by atoms with van der Waals surface area (Å²) in [7, 11) is 0. The summed E-state index contributed by atoms with van der Waals surface area (Å²) in [6, 6.07) is 83.4. The molecule has 5 nitrogen and oxygen atoms in total. The van der Waals surface area contributed by atoms with Crippen LogP contribution in [0.1, 0.15) is 0 Å². The Hall–Kier alpha value is -8.84. The van der Waals surface area contributed by atoms with E-state index >= 15 is 0 Å². The van der Waals surface area contributed by atoms with Crippen molar-refractivity contribution in [1.82, 2.24) is 24.5 Å². The molecule has 13 rings (SSSR count). The van der Waals surface area contributed by atoms with Crippen molar-refractivity contribution in [3.05, 3.63) is 237 Å². The molecule has 0 aliphatic rings. The Labute approximate surface area is 397 Å². The molecular formula is C62H39N5S. The van der Waals surface area contributed by atoms with E-state index in [0.29, 0.717) is 17.5 Å². The average Bonchev–Trinajstić information content (AvgIpc) is 3.99. The summed E-state index contributed by atoms with van der Waals surface area (Å²) in [4.78, 5) is 21.4. The highest BCUT2D eigenvalue weighted by molar-refractivity contribution is 7.24. The van der Waals surface area contributed by atoms with Crippen LogP contribution in [0.3, 0.4) is 0 Å². The molecule has 0 atom stereocenters. The number of hydrogen-bond donors (Lipinski definition) is 0. The van der Waals surface area contributed by atoms with Gasteiger partial charge >= 0.3 is 0 Å². The van der Waals surface area contributed by atoms with E-state index in [1.54, 1.807) is 0 Å². The molecule has 13 aromatic rings. The Morgan fingerprint density at radius 3 is 1.34 bits per heavy atom. The topological polar surface area (TPSA) is 56.5 Å². The minimum absolute atomic E-state index is 0.635. The Morgan fingerprint density at radius 1 is 0.324 bits per heavy atom. The minimum Gasteiger partial charge on any atom is -0.309 e. The molecular weight excluding hydrogens is 847 g/mol. The van der Waals surface area contributed by atoms with Crippen molar-refractivity contribution in [2.24, 2.45) is 0 Å². The van der Waals surface area contributed by atoms with Gasteiger partial charge in [-0.25, -0.2) is 19.9 Å². The maximum Gasteiger partial charge on any atom is 0.164 e. The number of aromatic nitrogens is 5. The van der Waals surface area contributed by atoms with Crippen LogP contribution in [0.5, 0.6) is 0 Å². The van der Waals surface area contributed by atoms with E-state index in [1.165, 1.54) is 36.9 Å². The van der Waals surface area contributed by atoms with Crippen molar-refractivity contribution in [2.75, 3.05) is 0 Å². The number of fused-ring (bicyclic) bond motifs is 6. The smallest absolute Gasteiger partial charge is 0.164 e. The van der Waals surface area contributed by atoms with Gasteiger partial charge in [0, 0.05) is 64.6 Å². The maximum atomic E-state index is 5.43. The molecule has 0 saturated heterocycles. The molecule has 0 bridgehead atoms. The highest BCUT2D eigenvalue weighted by atomic mass is 32.1. The first kappa shape index (κ1) is 39.5. The van der Waals surface area contributed by atoms with Gasteiger partial charge in [-0.3, -0.25) is 0 Å². The fourth-order valence-electron chi connectivity index (χ4n) is 9.63. The van der Waals surface area contributed by atoms with Crippen molar-refractivity contribution in [1.29, 1.82) is 0 Å². The van der Waals surface area contributed by atoms with Crippen LogP contribution in [0.15, 0.2) is 237 Å². The number of para-hydroxylation sites is 3. The summed E-state index contributed by atoms with van der Waals surface area (Å²) < 4.78 is 3.63. The summed E-state index contributed by atoms with van der Waals surface area (Å²) >= 11 is 1.85. The molecule has 0 N–H and O–H groups in total. The summed E-state index contributed by atoms with van der Waals surface area (Å²) in [6.07, 6.45) is 0. The van der Waals surface area contributed by atoms with Crippen molar-refractivity contribution in [3.63, 3.8) is 0 Å². The highest BCUT2D eigenvalue weighted by Gasteiger charge is 2.24. The molecule has 68 heavy (non-hydrogen) atoms. The van der Waals surface area contributed by atoms with Crippen molar-refractivity contribution < 1.29 is 0 Å². The van der Waals surface area contributed by atoms with E-state index in [9.17, 15) is 0 Å². The fourth-order valence-corrected chi connectivity index (χ4v) is 11.0. The first-order valence-electron chi connectivity index (χ1n) is 22.8. The van der Waals surface area contributed by atoms with E-state index in [0.717, 1.165) is 72.2 Å². The monoisotopic (exact) mass is 885 g/mol. The van der Waals surface area contributed by atoms with Crippen molar-refractivity contribution in [3.8, 4) is 83.8 Å². The summed E-state index contributed by atoms with van der Waals surface area (Å²) in [5.41, 5.74) is 15.1. The number of nitrogens with zero attached hydrogens (tertiary/aromatic N) is 5. The third kappa shape index (κ3) is 6.86. The normalized spacial score (nSPS) is 11.5. The third-order valence-electron chi connectivity index (χ3n) is 12.9. The second-order valence-corrected chi connectivity index (χ2v) is 18.0. The Balaban J connectivity index is 0.943. The van der Waals surface area contributed by atoms with Gasteiger partial charge in [-0.1, -0.05) is 206 Å². The lowest BCUT2D eigenvalue weighted by atomic mass is 9.94. The van der Waals surface area contributed by atoms with Crippen LogP contribution in [-0.4, -0.2) is 24.5 Å². The molecule has 0 spiro atoms. The molecule has 318 valence electrons. The Kier molecular flexibility index (Phi) is 9.62. The van der Waals surface area contributed by atoms with Gasteiger partial charge in [-0.2, -0.15) is 0 Å². The average molecular weight is 886 g/mol. The molecule has 4 aromatic heterocycles. The summed E-state index contributed by atoms with van der Waals surface area (Å²) in [5.74, 6) is 1.93. The van der Waals surface area contributed by atoms with Crippen LogP contribution in [0.4, 0.5) is 0 Å². The molecule has 0 radical (unpaired) electrons. The predicted molar refractivity (Wildman–Crippen MR) is 283 cm³/mol. The lowest BCUT2D eigenvalue weighted by molar-refractivity contribution is 1.07. The number of pyridine rings is 1. The largest absolute Gasteiger partial charge is 0.309 e. The molecule has 6 heteroatoms. The standard InChI is InChI=1S/C62H39N5S/c1-4-17-42(18-5-1)57-56-55(47-23-16-24-48(39-47)67-53-29-14-11-25-49(53)50-26-12-15-30-54(50)67)58(68-59(56)51-27-10-13-28-52(51)63-57)43-35-31-40(32-36-43)41-33-37-46(38-34-41)62-65-60(44-19-6-2-7-20-44)64-61(66-62)45-21-8-3-9-22-45/h1-39H. The molecule has 0 aliphatic carbocycles. The first-order valence-corrected chi connectivity index (χ1v) is 23.6. The minimum atomic E-state index is 0.635. The molecule has 0 fully saturated rings. The van der Waals surface area contributed by atoms with Gasteiger partial charge in [0.05, 0.1) is 22.2 Å². The molecule has 0 unspecified atom stereocenters. The number of thiophene rings is 1. The summed E-state index contributed by atoms with van der Waals surface area (Å²) in [6.45, 7) is 0. The number of benzene rings is 9. The Morgan fingerprint density at radius 2 is 0.765 bits per heavy atom. The van der Waals surface area contributed by atoms with Crippen molar-refractivity contribution in [2.45, 2.75) is 0 Å². The molecule has 0 saturated carbocycles. The van der Waals surface area contributed by atoms with Gasteiger partial charge in [0.25, 0.3) is 0 Å². The maximum absolute atomic E-state index is 5.43. The first-order chi connectivity index (χ1) is 33.7. The van der Waals surface area contributed by atoms with Gasteiger partial charge < -0.3 is 4.57 Å². The van der Waals surface area contributed by atoms with E-state index in [2.05, 4.69) is 180 Å². The lowest BCUT2D eigenvalue weighted by Crippen LogP contribution is -2.00. The lowest BCUT2D eigenvalue weighted by Gasteiger charge is -2.13. The van der Waals surface area contributed by atoms with Gasteiger partial charge in [0.2, 0.25) is 0 Å². The van der Waals surface area contributed by atoms with Crippen LogP contribution < -0.4 is 0 Å². The van der Waals surface area contributed by atoms with Crippen LogP contribution >= 0.6 is 11.3 Å². The number of hydrogen-bond acceptors (Lipinski definition) is 5. The zero-order chi connectivity index (χ0) is 45.0. The second-order valence-electron chi connectivity index (χ2n) is 17.0. The molecule has 4 heterocycles. The molecule has 0 aliphatic heterocycles.